The summed E-state index contributed by atoms with van der Waals surface area (Å²) < 4.78 is 1.12. The van der Waals surface area contributed by atoms with Crippen LogP contribution in [0.25, 0.3) is 11.4 Å². The molecule has 98 valence electrons. The van der Waals surface area contributed by atoms with E-state index in [9.17, 15) is 0 Å². The quantitative estimate of drug-likeness (QED) is 0.916. The Morgan fingerprint density at radius 1 is 1.21 bits per heavy atom. The topological polar surface area (TPSA) is 37.8 Å². The Kier molecular flexibility index (Phi) is 3.27. The number of benzene rings is 1. The highest BCUT2D eigenvalue weighted by atomic mass is 79.9. The molecule has 0 fully saturated rings. The fourth-order valence-electron chi connectivity index (χ4n) is 2.55. The first-order valence-corrected chi connectivity index (χ1v) is 7.32. The predicted octanol–water partition coefficient (Wildman–Crippen LogP) is 3.74. The van der Waals surface area contributed by atoms with Crippen LogP contribution < -0.4 is 5.32 Å². The summed E-state index contributed by atoms with van der Waals surface area (Å²) in [7, 11) is 1.93. The van der Waals surface area contributed by atoms with E-state index in [0.717, 1.165) is 34.5 Å². The predicted molar refractivity (Wildman–Crippen MR) is 81.5 cm³/mol. The molecule has 0 atom stereocenters. The molecule has 1 N–H and O–H groups in total. The van der Waals surface area contributed by atoms with Crippen molar-refractivity contribution >= 4 is 21.7 Å². The van der Waals surface area contributed by atoms with Crippen LogP contribution in [-0.4, -0.2) is 17.0 Å². The van der Waals surface area contributed by atoms with Gasteiger partial charge in [-0.25, -0.2) is 9.97 Å². The molecule has 4 heteroatoms. The lowest BCUT2D eigenvalue weighted by Crippen LogP contribution is -2.03. The average molecular weight is 318 g/mol. The van der Waals surface area contributed by atoms with E-state index in [1.807, 2.05) is 7.05 Å². The molecule has 0 aliphatic heterocycles. The van der Waals surface area contributed by atoms with Gasteiger partial charge >= 0.3 is 0 Å². The van der Waals surface area contributed by atoms with E-state index in [1.54, 1.807) is 0 Å². The molecule has 1 heterocycles. The van der Waals surface area contributed by atoms with Crippen LogP contribution in [0.4, 0.5) is 5.82 Å². The number of halogens is 1. The lowest BCUT2D eigenvalue weighted by atomic mass is 10.1. The van der Waals surface area contributed by atoms with E-state index in [1.165, 1.54) is 23.2 Å². The molecule has 1 aliphatic rings. The van der Waals surface area contributed by atoms with Crippen LogP contribution in [0.3, 0.4) is 0 Å². The van der Waals surface area contributed by atoms with E-state index in [2.05, 4.69) is 51.4 Å². The van der Waals surface area contributed by atoms with Crippen molar-refractivity contribution < 1.29 is 0 Å². The Morgan fingerprint density at radius 2 is 2.05 bits per heavy atom. The summed E-state index contributed by atoms with van der Waals surface area (Å²) in [6.07, 6.45) is 3.34. The molecule has 0 unspecified atom stereocenters. The molecular formula is C15H16BrN3. The van der Waals surface area contributed by atoms with Crippen molar-refractivity contribution in [3.05, 3.63) is 39.5 Å². The van der Waals surface area contributed by atoms with Crippen molar-refractivity contribution in [2.24, 2.45) is 0 Å². The van der Waals surface area contributed by atoms with E-state index in [4.69, 9.17) is 4.98 Å². The van der Waals surface area contributed by atoms with Crippen molar-refractivity contribution in [2.75, 3.05) is 12.4 Å². The number of aromatic nitrogens is 2. The fraction of sp³-hybridized carbons (Fsp3) is 0.333. The van der Waals surface area contributed by atoms with Crippen molar-refractivity contribution in [3.63, 3.8) is 0 Å². The lowest BCUT2D eigenvalue weighted by Gasteiger charge is -2.10. The monoisotopic (exact) mass is 317 g/mol. The molecule has 0 radical (unpaired) electrons. The first kappa shape index (κ1) is 12.6. The van der Waals surface area contributed by atoms with Gasteiger partial charge in [0.1, 0.15) is 5.82 Å². The zero-order valence-electron chi connectivity index (χ0n) is 11.1. The van der Waals surface area contributed by atoms with Crippen molar-refractivity contribution in [1.82, 2.24) is 9.97 Å². The van der Waals surface area contributed by atoms with Crippen LogP contribution in [0, 0.1) is 6.92 Å². The van der Waals surface area contributed by atoms with Gasteiger partial charge in [0.15, 0.2) is 5.82 Å². The molecule has 3 nitrogen and oxygen atoms in total. The minimum Gasteiger partial charge on any atom is -0.373 e. The summed E-state index contributed by atoms with van der Waals surface area (Å²) >= 11 is 3.53. The normalized spacial score (nSPS) is 13.4. The van der Waals surface area contributed by atoms with Crippen LogP contribution in [0.5, 0.6) is 0 Å². The fourth-order valence-corrected chi connectivity index (χ4v) is 2.80. The maximum Gasteiger partial charge on any atom is 0.161 e. The van der Waals surface area contributed by atoms with Gasteiger partial charge in [-0.2, -0.15) is 0 Å². The molecule has 3 rings (SSSR count). The maximum absolute atomic E-state index is 4.74. The number of rotatable bonds is 2. The summed E-state index contributed by atoms with van der Waals surface area (Å²) in [6, 6.07) is 6.24. The Labute approximate surface area is 121 Å². The minimum atomic E-state index is 0.820. The first-order chi connectivity index (χ1) is 9.19. The number of nitrogens with zero attached hydrogens (tertiary/aromatic N) is 2. The lowest BCUT2D eigenvalue weighted by molar-refractivity contribution is 0.900. The van der Waals surface area contributed by atoms with Crippen LogP contribution in [-0.2, 0) is 12.8 Å². The Balaban J connectivity index is 2.12. The molecule has 1 aromatic carbocycles. The Bertz CT molecular complexity index is 638. The molecule has 0 spiro atoms. The molecule has 1 aliphatic carbocycles. The first-order valence-electron chi connectivity index (χ1n) is 6.53. The van der Waals surface area contributed by atoms with E-state index in [-0.39, 0.29) is 0 Å². The second-order valence-electron chi connectivity index (χ2n) is 4.89. The van der Waals surface area contributed by atoms with Gasteiger partial charge in [-0.3, -0.25) is 0 Å². The Morgan fingerprint density at radius 3 is 2.79 bits per heavy atom. The number of anilines is 1. The third-order valence-electron chi connectivity index (χ3n) is 3.59. The van der Waals surface area contributed by atoms with Crippen molar-refractivity contribution in [3.8, 4) is 11.4 Å². The smallest absolute Gasteiger partial charge is 0.161 e. The molecule has 0 saturated heterocycles. The zero-order chi connectivity index (χ0) is 13.4. The largest absolute Gasteiger partial charge is 0.373 e. The van der Waals surface area contributed by atoms with Gasteiger partial charge in [-0.05, 0) is 43.9 Å². The second kappa shape index (κ2) is 4.93. The van der Waals surface area contributed by atoms with Crippen molar-refractivity contribution in [1.29, 1.82) is 0 Å². The molecule has 1 aromatic heterocycles. The third-order valence-corrected chi connectivity index (χ3v) is 4.48. The van der Waals surface area contributed by atoms with Gasteiger partial charge in [0, 0.05) is 28.3 Å². The van der Waals surface area contributed by atoms with Crippen LogP contribution in [0.2, 0.25) is 0 Å². The number of hydrogen-bond donors (Lipinski definition) is 1. The molecule has 19 heavy (non-hydrogen) atoms. The summed E-state index contributed by atoms with van der Waals surface area (Å²) in [6.45, 7) is 2.08. The summed E-state index contributed by atoms with van der Waals surface area (Å²) in [5.41, 5.74) is 4.77. The van der Waals surface area contributed by atoms with E-state index in [0.29, 0.717) is 0 Å². The number of nitrogens with one attached hydrogen (secondary N) is 1. The molecule has 0 saturated carbocycles. The molecule has 0 amide bonds. The van der Waals surface area contributed by atoms with Crippen LogP contribution >= 0.6 is 15.9 Å². The highest BCUT2D eigenvalue weighted by molar-refractivity contribution is 9.10. The average Bonchev–Trinajstić information content (AvgIpc) is 2.89. The maximum atomic E-state index is 4.74. The highest BCUT2D eigenvalue weighted by Crippen LogP contribution is 2.30. The standard InChI is InChI=1S/C15H16BrN3/c1-9-8-10(6-7-12(9)16)14-18-13-5-3-4-11(13)15(17-2)19-14/h6-8H,3-5H2,1-2H3,(H,17,18,19). The number of hydrogen-bond acceptors (Lipinski definition) is 3. The summed E-state index contributed by atoms with van der Waals surface area (Å²) in [4.78, 5) is 9.40. The number of fused-ring (bicyclic) bond motifs is 1. The van der Waals surface area contributed by atoms with Gasteiger partial charge in [-0.1, -0.05) is 22.0 Å². The Hall–Kier alpha value is -1.42. The molecular weight excluding hydrogens is 302 g/mol. The molecule has 2 aromatic rings. The zero-order valence-corrected chi connectivity index (χ0v) is 12.7. The van der Waals surface area contributed by atoms with Gasteiger partial charge in [0.25, 0.3) is 0 Å². The third kappa shape index (κ3) is 2.25. The van der Waals surface area contributed by atoms with E-state index < -0.39 is 0 Å². The van der Waals surface area contributed by atoms with Gasteiger partial charge in [0.2, 0.25) is 0 Å². The second-order valence-corrected chi connectivity index (χ2v) is 5.74. The number of aryl methyl sites for hydroxylation is 2. The molecule has 0 bridgehead atoms. The summed E-state index contributed by atoms with van der Waals surface area (Å²) in [5.74, 6) is 1.80. The minimum absolute atomic E-state index is 0.820. The van der Waals surface area contributed by atoms with Crippen LogP contribution in [0.1, 0.15) is 23.2 Å². The summed E-state index contributed by atoms with van der Waals surface area (Å²) in [5, 5.41) is 3.20. The van der Waals surface area contributed by atoms with Crippen LogP contribution in [0.15, 0.2) is 22.7 Å². The van der Waals surface area contributed by atoms with Crippen molar-refractivity contribution in [2.45, 2.75) is 26.2 Å². The van der Waals surface area contributed by atoms with E-state index >= 15 is 0 Å². The van der Waals surface area contributed by atoms with Gasteiger partial charge < -0.3 is 5.32 Å². The SMILES string of the molecule is CNc1nc(-c2ccc(Br)c(C)c2)nc2c1CCC2. The van der Waals surface area contributed by atoms with Gasteiger partial charge in [0.05, 0.1) is 0 Å². The highest BCUT2D eigenvalue weighted by Gasteiger charge is 2.19. The van der Waals surface area contributed by atoms with Gasteiger partial charge in [-0.15, -0.1) is 0 Å².